The minimum atomic E-state index is -3.55. The maximum absolute atomic E-state index is 10.5. The van der Waals surface area contributed by atoms with E-state index in [1.807, 2.05) is 0 Å². The van der Waals surface area contributed by atoms with Crippen molar-refractivity contribution in [3.05, 3.63) is 0 Å². The van der Waals surface area contributed by atoms with E-state index < -0.39 is 43.6 Å². The number of aliphatic carboxylic acids is 3. The first kappa shape index (κ1) is 13.3. The summed E-state index contributed by atoms with van der Waals surface area (Å²) >= 11 is 0. The molecule has 0 heterocycles. The molecule has 0 amide bonds. The molecular formula is C6H7O8P. The molecule has 84 valence electrons. The van der Waals surface area contributed by atoms with E-state index >= 15 is 0 Å². The second-order valence-electron chi connectivity index (χ2n) is 2.61. The molecule has 0 aromatic carbocycles. The smallest absolute Gasteiger partial charge is 0.331 e. The third-order valence-corrected chi connectivity index (χ3v) is 2.61. The van der Waals surface area contributed by atoms with Gasteiger partial charge in [-0.25, -0.2) is 9.13 Å². The molecular weight excluding hydrogens is 231 g/mol. The van der Waals surface area contributed by atoms with Gasteiger partial charge >= 0.3 is 25.6 Å². The summed E-state index contributed by atoms with van der Waals surface area (Å²) in [7, 11) is -3.55. The van der Waals surface area contributed by atoms with Crippen molar-refractivity contribution in [1.82, 2.24) is 0 Å². The molecule has 0 saturated heterocycles. The fraction of sp³-hybridized carbons (Fsp3) is 0.500. The van der Waals surface area contributed by atoms with Crippen molar-refractivity contribution >= 4 is 25.6 Å². The van der Waals surface area contributed by atoms with Crippen molar-refractivity contribution in [3.8, 4) is 0 Å². The Balaban J connectivity index is 5.09. The summed E-state index contributed by atoms with van der Waals surface area (Å²) in [6, 6.07) is 0. The normalized spacial score (nSPS) is 13.9. The lowest BCUT2D eigenvalue weighted by Crippen LogP contribution is -2.33. The van der Waals surface area contributed by atoms with Crippen molar-refractivity contribution in [2.75, 3.05) is 0 Å². The lowest BCUT2D eigenvalue weighted by molar-refractivity contribution is -0.151. The Morgan fingerprint density at radius 3 is 1.67 bits per heavy atom. The highest BCUT2D eigenvalue weighted by Crippen LogP contribution is 2.26. The highest BCUT2D eigenvalue weighted by Gasteiger charge is 2.39. The molecule has 15 heavy (non-hydrogen) atoms. The second-order valence-corrected chi connectivity index (χ2v) is 3.74. The topological polar surface area (TPSA) is 146 Å². The SMILES string of the molecule is O=C(O)CC(C(=O)O)C(C(=O)O)P(=O)=O. The number of hydrogen-bond acceptors (Lipinski definition) is 5. The molecule has 8 nitrogen and oxygen atoms in total. The molecule has 0 fully saturated rings. The van der Waals surface area contributed by atoms with Crippen LogP contribution in [0.5, 0.6) is 0 Å². The van der Waals surface area contributed by atoms with Gasteiger partial charge in [-0.2, -0.15) is 0 Å². The van der Waals surface area contributed by atoms with Gasteiger partial charge < -0.3 is 15.3 Å². The molecule has 2 atom stereocenters. The summed E-state index contributed by atoms with van der Waals surface area (Å²) in [6.07, 6.45) is -1.06. The van der Waals surface area contributed by atoms with Crippen LogP contribution in [-0.4, -0.2) is 38.9 Å². The molecule has 0 aliphatic carbocycles. The van der Waals surface area contributed by atoms with Crippen LogP contribution in [0.2, 0.25) is 0 Å². The van der Waals surface area contributed by atoms with Gasteiger partial charge in [-0.05, 0) is 0 Å². The first-order valence-corrected chi connectivity index (χ1v) is 4.83. The summed E-state index contributed by atoms with van der Waals surface area (Å²) in [5.41, 5.74) is -2.23. The van der Waals surface area contributed by atoms with Crippen molar-refractivity contribution in [2.24, 2.45) is 5.92 Å². The molecule has 3 N–H and O–H groups in total. The molecule has 0 bridgehead atoms. The Hall–Kier alpha value is -1.69. The van der Waals surface area contributed by atoms with E-state index in [4.69, 9.17) is 15.3 Å². The summed E-state index contributed by atoms with van der Waals surface area (Å²) in [6.45, 7) is 0. The largest absolute Gasteiger partial charge is 0.481 e. The Bertz CT molecular complexity index is 348. The quantitative estimate of drug-likeness (QED) is 0.538. The number of carboxylic acid groups (broad SMARTS) is 3. The molecule has 0 aliphatic rings. The molecule has 0 aromatic heterocycles. The van der Waals surface area contributed by atoms with Gasteiger partial charge in [-0.3, -0.25) is 14.4 Å². The van der Waals surface area contributed by atoms with Gasteiger partial charge in [0.2, 0.25) is 0 Å². The van der Waals surface area contributed by atoms with Gasteiger partial charge in [0.15, 0.2) is 5.66 Å². The van der Waals surface area contributed by atoms with Crippen LogP contribution in [0.15, 0.2) is 0 Å². The second kappa shape index (κ2) is 5.26. The van der Waals surface area contributed by atoms with E-state index in [-0.39, 0.29) is 0 Å². The van der Waals surface area contributed by atoms with E-state index in [1.54, 1.807) is 0 Å². The van der Waals surface area contributed by atoms with Gasteiger partial charge in [0.1, 0.15) is 0 Å². The van der Waals surface area contributed by atoms with Crippen molar-refractivity contribution in [3.63, 3.8) is 0 Å². The molecule has 0 rings (SSSR count). The van der Waals surface area contributed by atoms with Crippen LogP contribution in [0.4, 0.5) is 0 Å². The van der Waals surface area contributed by atoms with Crippen molar-refractivity contribution < 1.29 is 38.8 Å². The minimum absolute atomic E-state index is 1.06. The van der Waals surface area contributed by atoms with E-state index in [0.717, 1.165) is 0 Å². The van der Waals surface area contributed by atoms with Crippen LogP contribution < -0.4 is 0 Å². The summed E-state index contributed by atoms with van der Waals surface area (Å²) in [5.74, 6) is -7.21. The van der Waals surface area contributed by atoms with Gasteiger partial charge in [0, 0.05) is 0 Å². The average molecular weight is 238 g/mol. The Morgan fingerprint density at radius 1 is 1.00 bits per heavy atom. The summed E-state index contributed by atoms with van der Waals surface area (Å²) in [5, 5.41) is 25.2. The zero-order valence-corrected chi connectivity index (χ0v) is 8.09. The predicted molar refractivity (Wildman–Crippen MR) is 43.1 cm³/mol. The fourth-order valence-corrected chi connectivity index (χ4v) is 1.64. The number of rotatable bonds is 6. The maximum atomic E-state index is 10.5. The zero-order valence-electron chi connectivity index (χ0n) is 7.19. The van der Waals surface area contributed by atoms with E-state index in [9.17, 15) is 23.5 Å². The highest BCUT2D eigenvalue weighted by atomic mass is 31.1. The number of hydrogen-bond donors (Lipinski definition) is 3. The van der Waals surface area contributed by atoms with E-state index in [0.29, 0.717) is 0 Å². The van der Waals surface area contributed by atoms with Crippen LogP contribution in [0, 0.1) is 5.92 Å². The third-order valence-electron chi connectivity index (χ3n) is 1.57. The average Bonchev–Trinajstić information content (AvgIpc) is 2.00. The van der Waals surface area contributed by atoms with Crippen molar-refractivity contribution in [2.45, 2.75) is 12.1 Å². The summed E-state index contributed by atoms with van der Waals surface area (Å²) < 4.78 is 20.9. The Labute approximate surface area is 83.3 Å². The number of carboxylic acids is 3. The Kier molecular flexibility index (Phi) is 4.66. The third kappa shape index (κ3) is 3.90. The van der Waals surface area contributed by atoms with Gasteiger partial charge in [-0.15, -0.1) is 0 Å². The first-order valence-electron chi connectivity index (χ1n) is 3.58. The molecule has 0 aromatic rings. The van der Waals surface area contributed by atoms with Crippen molar-refractivity contribution in [1.29, 1.82) is 0 Å². The molecule has 2 unspecified atom stereocenters. The first-order chi connectivity index (χ1) is 6.77. The monoisotopic (exact) mass is 238 g/mol. The number of carbonyl (C=O) groups is 3. The van der Waals surface area contributed by atoms with Crippen LogP contribution in [-0.2, 0) is 23.5 Å². The van der Waals surface area contributed by atoms with E-state index in [1.165, 1.54) is 0 Å². The molecule has 0 spiro atoms. The predicted octanol–water partition coefficient (Wildman–Crippen LogP) is -0.212. The highest BCUT2D eigenvalue weighted by molar-refractivity contribution is 7.33. The fourth-order valence-electron chi connectivity index (χ4n) is 0.931. The zero-order chi connectivity index (χ0) is 12.2. The van der Waals surface area contributed by atoms with Gasteiger partial charge in [-0.1, -0.05) is 0 Å². The lowest BCUT2D eigenvalue weighted by Gasteiger charge is -2.11. The molecule has 0 aliphatic heterocycles. The lowest BCUT2D eigenvalue weighted by atomic mass is 10.0. The molecule has 9 heteroatoms. The minimum Gasteiger partial charge on any atom is -0.481 e. The van der Waals surface area contributed by atoms with Crippen LogP contribution in [0.25, 0.3) is 0 Å². The van der Waals surface area contributed by atoms with E-state index in [2.05, 4.69) is 0 Å². The van der Waals surface area contributed by atoms with Gasteiger partial charge in [0.05, 0.1) is 12.3 Å². The van der Waals surface area contributed by atoms with Gasteiger partial charge in [0.25, 0.3) is 0 Å². The van der Waals surface area contributed by atoms with Crippen LogP contribution in [0.1, 0.15) is 6.42 Å². The molecule has 0 radical (unpaired) electrons. The Morgan fingerprint density at radius 2 is 1.47 bits per heavy atom. The van der Waals surface area contributed by atoms with Crippen LogP contribution in [0.3, 0.4) is 0 Å². The molecule has 0 saturated carbocycles. The van der Waals surface area contributed by atoms with Crippen LogP contribution >= 0.6 is 7.68 Å². The summed E-state index contributed by atoms with van der Waals surface area (Å²) in [4.78, 5) is 31.1. The standard InChI is InChI=1S/C6H7O8P/c7-3(8)1-2(5(9)10)4(6(11)12)15(13)14/h2,4H,1H2,(H,7,8)(H,9,10)(H,11,12). The maximum Gasteiger partial charge on any atom is 0.331 e.